The van der Waals surface area contributed by atoms with Crippen molar-refractivity contribution in [3.05, 3.63) is 35.2 Å². The highest BCUT2D eigenvalue weighted by atomic mass is 32.2. The third-order valence-electron chi connectivity index (χ3n) is 5.77. The van der Waals surface area contributed by atoms with Crippen molar-refractivity contribution >= 4 is 27.6 Å². The summed E-state index contributed by atoms with van der Waals surface area (Å²) in [5.74, 6) is -0.518. The van der Waals surface area contributed by atoms with Gasteiger partial charge in [-0.1, -0.05) is 0 Å². The Bertz CT molecular complexity index is 1150. The molecule has 1 atom stereocenters. The summed E-state index contributed by atoms with van der Waals surface area (Å²) in [5.41, 5.74) is 1.28. The second-order valence-electron chi connectivity index (χ2n) is 8.09. The molecule has 11 heteroatoms. The van der Waals surface area contributed by atoms with Crippen LogP contribution in [0.5, 0.6) is 11.5 Å². The van der Waals surface area contributed by atoms with Crippen LogP contribution >= 0.6 is 0 Å². The van der Waals surface area contributed by atoms with Crippen LogP contribution in [0.15, 0.2) is 23.1 Å². The number of nitrogens with zero attached hydrogens (tertiary/aromatic N) is 1. The average molecular weight is 494 g/mol. The summed E-state index contributed by atoms with van der Waals surface area (Å²) >= 11 is 0. The summed E-state index contributed by atoms with van der Waals surface area (Å²) in [7, 11) is -1.02. The lowest BCUT2D eigenvalue weighted by Gasteiger charge is -2.31. The molecular formula is C23H31N3O7S. The van der Waals surface area contributed by atoms with Gasteiger partial charge in [0.05, 0.1) is 26.7 Å². The molecule has 0 aliphatic carbocycles. The first-order valence-electron chi connectivity index (χ1n) is 11.0. The van der Waals surface area contributed by atoms with Crippen LogP contribution in [-0.4, -0.2) is 63.5 Å². The maximum atomic E-state index is 13.6. The van der Waals surface area contributed by atoms with Crippen LogP contribution in [-0.2, 0) is 19.6 Å². The van der Waals surface area contributed by atoms with E-state index in [1.54, 1.807) is 39.0 Å². The predicted octanol–water partition coefficient (Wildman–Crippen LogP) is 2.86. The molecule has 1 unspecified atom stereocenters. The number of rotatable bonds is 8. The molecule has 1 saturated heterocycles. The Hall–Kier alpha value is -3.05. The number of carbonyl (C=O) groups excluding carboxylic acids is 2. The SMILES string of the molecule is CCOC(=O)c1c(C)[nH]c(C)c1S(=O)(=O)N1CCCC(C(=O)Nc2cc(OC)cc(OC)c2)C1. The second kappa shape index (κ2) is 10.5. The number of aryl methyl sites for hydroxylation is 2. The number of esters is 1. The summed E-state index contributed by atoms with van der Waals surface area (Å²) in [5, 5.41) is 2.83. The van der Waals surface area contributed by atoms with Gasteiger partial charge < -0.3 is 24.5 Å². The number of aromatic nitrogens is 1. The normalized spacial score (nSPS) is 16.7. The molecule has 10 nitrogen and oxygen atoms in total. The molecule has 1 aromatic carbocycles. The third-order valence-corrected chi connectivity index (χ3v) is 7.81. The van der Waals surface area contributed by atoms with Crippen molar-refractivity contribution in [1.29, 1.82) is 0 Å². The molecule has 0 bridgehead atoms. The molecule has 1 fully saturated rings. The van der Waals surface area contributed by atoms with Gasteiger partial charge in [-0.05, 0) is 33.6 Å². The van der Waals surface area contributed by atoms with Gasteiger partial charge in [0.1, 0.15) is 22.0 Å². The van der Waals surface area contributed by atoms with E-state index in [4.69, 9.17) is 14.2 Å². The van der Waals surface area contributed by atoms with E-state index in [1.807, 2.05) is 0 Å². The first-order chi connectivity index (χ1) is 16.1. The van der Waals surface area contributed by atoms with Gasteiger partial charge in [0.2, 0.25) is 15.9 Å². The minimum atomic E-state index is -4.05. The lowest BCUT2D eigenvalue weighted by Crippen LogP contribution is -2.44. The number of H-pyrrole nitrogens is 1. The fourth-order valence-corrected chi connectivity index (χ4v) is 6.09. The summed E-state index contributed by atoms with van der Waals surface area (Å²) in [6, 6.07) is 5.01. The minimum Gasteiger partial charge on any atom is -0.497 e. The van der Waals surface area contributed by atoms with Crippen molar-refractivity contribution in [2.45, 2.75) is 38.5 Å². The fourth-order valence-electron chi connectivity index (χ4n) is 4.16. The highest BCUT2D eigenvalue weighted by Crippen LogP contribution is 2.31. The van der Waals surface area contributed by atoms with Crippen LogP contribution in [0.1, 0.15) is 41.5 Å². The fraction of sp³-hybridized carbons (Fsp3) is 0.478. The number of carbonyl (C=O) groups is 2. The highest BCUT2D eigenvalue weighted by molar-refractivity contribution is 7.89. The Kier molecular flexibility index (Phi) is 7.88. The van der Waals surface area contributed by atoms with Gasteiger partial charge in [-0.3, -0.25) is 4.79 Å². The third kappa shape index (κ3) is 5.20. The Balaban J connectivity index is 1.84. The van der Waals surface area contributed by atoms with Gasteiger partial charge in [0, 0.05) is 48.4 Å². The van der Waals surface area contributed by atoms with E-state index < -0.39 is 21.9 Å². The minimum absolute atomic E-state index is 0.00119. The van der Waals surface area contributed by atoms with Gasteiger partial charge in [-0.15, -0.1) is 0 Å². The van der Waals surface area contributed by atoms with Gasteiger partial charge in [0.15, 0.2) is 0 Å². The van der Waals surface area contributed by atoms with E-state index in [0.29, 0.717) is 41.4 Å². The van der Waals surface area contributed by atoms with Crippen molar-refractivity contribution in [3.8, 4) is 11.5 Å². The highest BCUT2D eigenvalue weighted by Gasteiger charge is 2.38. The molecule has 2 aromatic rings. The number of anilines is 1. The number of sulfonamides is 1. The number of ether oxygens (including phenoxy) is 3. The van der Waals surface area contributed by atoms with Crippen LogP contribution in [0.4, 0.5) is 5.69 Å². The van der Waals surface area contributed by atoms with E-state index in [-0.39, 0.29) is 36.1 Å². The lowest BCUT2D eigenvalue weighted by molar-refractivity contribution is -0.120. The Morgan fingerprint density at radius 3 is 2.35 bits per heavy atom. The quantitative estimate of drug-likeness (QED) is 0.541. The lowest BCUT2D eigenvalue weighted by atomic mass is 9.98. The predicted molar refractivity (Wildman–Crippen MR) is 126 cm³/mol. The number of benzene rings is 1. The zero-order valence-electron chi connectivity index (χ0n) is 20.1. The summed E-state index contributed by atoms with van der Waals surface area (Å²) in [6.07, 6.45) is 1.05. The molecule has 1 aromatic heterocycles. The molecule has 2 N–H and O–H groups in total. The van der Waals surface area contributed by atoms with E-state index in [0.717, 1.165) is 0 Å². The molecule has 3 rings (SSSR count). The molecular weight excluding hydrogens is 462 g/mol. The molecule has 186 valence electrons. The van der Waals surface area contributed by atoms with Gasteiger partial charge >= 0.3 is 5.97 Å². The monoisotopic (exact) mass is 493 g/mol. The molecule has 0 spiro atoms. The largest absolute Gasteiger partial charge is 0.497 e. The molecule has 0 saturated carbocycles. The zero-order valence-corrected chi connectivity index (χ0v) is 20.9. The van der Waals surface area contributed by atoms with E-state index in [9.17, 15) is 18.0 Å². The number of hydrogen-bond donors (Lipinski definition) is 2. The standard InChI is InChI=1S/C23H31N3O7S/c1-6-33-23(28)20-14(2)24-15(3)21(20)34(29,30)26-9-7-8-16(13-26)22(27)25-17-10-18(31-4)12-19(11-17)32-5/h10-12,16,24H,6-9,13H2,1-5H3,(H,25,27). The maximum Gasteiger partial charge on any atom is 0.341 e. The Morgan fingerprint density at radius 1 is 1.12 bits per heavy atom. The van der Waals surface area contributed by atoms with Crippen LogP contribution in [0.25, 0.3) is 0 Å². The Morgan fingerprint density at radius 2 is 1.76 bits per heavy atom. The van der Waals surface area contributed by atoms with Crippen molar-refractivity contribution in [2.75, 3.05) is 39.2 Å². The number of amides is 1. The molecule has 1 aliphatic rings. The molecule has 1 aliphatic heterocycles. The van der Waals surface area contributed by atoms with Gasteiger partial charge in [-0.2, -0.15) is 4.31 Å². The van der Waals surface area contributed by atoms with E-state index >= 15 is 0 Å². The van der Waals surface area contributed by atoms with Crippen LogP contribution in [0.3, 0.4) is 0 Å². The number of hydrogen-bond acceptors (Lipinski definition) is 7. The number of piperidine rings is 1. The smallest absolute Gasteiger partial charge is 0.341 e. The number of aromatic amines is 1. The molecule has 34 heavy (non-hydrogen) atoms. The van der Waals surface area contributed by atoms with Crippen LogP contribution < -0.4 is 14.8 Å². The van der Waals surface area contributed by atoms with Crippen molar-refractivity contribution in [1.82, 2.24) is 9.29 Å². The topological polar surface area (TPSA) is 127 Å². The average Bonchev–Trinajstić information content (AvgIpc) is 3.13. The summed E-state index contributed by atoms with van der Waals surface area (Å²) in [4.78, 5) is 28.4. The maximum absolute atomic E-state index is 13.6. The summed E-state index contributed by atoms with van der Waals surface area (Å²) in [6.45, 7) is 5.28. The van der Waals surface area contributed by atoms with Crippen molar-refractivity contribution in [2.24, 2.45) is 5.92 Å². The first kappa shape index (κ1) is 25.6. The number of methoxy groups -OCH3 is 2. The zero-order chi connectivity index (χ0) is 25.0. The Labute approximate surface area is 199 Å². The molecule has 0 radical (unpaired) electrons. The van der Waals surface area contributed by atoms with Crippen LogP contribution in [0.2, 0.25) is 0 Å². The van der Waals surface area contributed by atoms with E-state index in [2.05, 4.69) is 10.3 Å². The second-order valence-corrected chi connectivity index (χ2v) is 9.97. The number of nitrogens with one attached hydrogen (secondary N) is 2. The van der Waals surface area contributed by atoms with Crippen LogP contribution in [0, 0.1) is 19.8 Å². The van der Waals surface area contributed by atoms with Crippen molar-refractivity contribution < 1.29 is 32.2 Å². The van der Waals surface area contributed by atoms with E-state index in [1.165, 1.54) is 18.5 Å². The molecule has 1 amide bonds. The first-order valence-corrected chi connectivity index (χ1v) is 12.5. The van der Waals surface area contributed by atoms with Gasteiger partial charge in [0.25, 0.3) is 0 Å². The van der Waals surface area contributed by atoms with Crippen molar-refractivity contribution in [3.63, 3.8) is 0 Å². The summed E-state index contributed by atoms with van der Waals surface area (Å²) < 4.78 is 44.0. The van der Waals surface area contributed by atoms with Gasteiger partial charge in [-0.25, -0.2) is 13.2 Å². The molecule has 2 heterocycles.